The van der Waals surface area contributed by atoms with Gasteiger partial charge >= 0.3 is 5.97 Å². The number of hydrogen-bond acceptors (Lipinski definition) is 8. The number of carboxylic acid groups (broad SMARTS) is 1. The van der Waals surface area contributed by atoms with E-state index in [1.54, 1.807) is 0 Å². The van der Waals surface area contributed by atoms with Gasteiger partial charge in [-0.2, -0.15) is 0 Å². The van der Waals surface area contributed by atoms with Crippen LogP contribution in [0.2, 0.25) is 0 Å². The number of nitrogens with two attached hydrogens (primary N) is 2. The molecule has 1 aromatic rings. The highest BCUT2D eigenvalue weighted by atomic mass is 16.4. The summed E-state index contributed by atoms with van der Waals surface area (Å²) in [5, 5.41) is 24.4. The fraction of sp³-hybridized carbons (Fsp3) is 0.500. The van der Waals surface area contributed by atoms with Gasteiger partial charge in [0.05, 0.1) is 25.5 Å². The van der Waals surface area contributed by atoms with Crippen molar-refractivity contribution < 1.29 is 34.2 Å². The summed E-state index contributed by atoms with van der Waals surface area (Å²) in [5.41, 5.74) is 11.2. The van der Waals surface area contributed by atoms with Gasteiger partial charge < -0.3 is 42.6 Å². The number of hydrogen-bond donors (Lipinski definition) is 8. The number of carboxylic acids is 1. The normalized spacial score (nSPS) is 13.5. The number of H-pyrrole nitrogens is 1. The lowest BCUT2D eigenvalue weighted by Crippen LogP contribution is -2.54. The molecule has 30 heavy (non-hydrogen) atoms. The van der Waals surface area contributed by atoms with E-state index in [0.717, 1.165) is 0 Å². The van der Waals surface area contributed by atoms with E-state index in [1.165, 1.54) is 12.5 Å². The van der Waals surface area contributed by atoms with Gasteiger partial charge in [-0.05, 0) is 6.42 Å². The predicted molar refractivity (Wildman–Crippen MR) is 100 cm³/mol. The van der Waals surface area contributed by atoms with Gasteiger partial charge in [-0.25, -0.2) is 9.78 Å². The number of carbonyl (C=O) groups excluding carboxylic acids is 4. The van der Waals surface area contributed by atoms with E-state index in [1.807, 2.05) is 5.32 Å². The van der Waals surface area contributed by atoms with Crippen molar-refractivity contribution in [3.8, 4) is 0 Å². The Labute approximate surface area is 170 Å². The Kier molecular flexibility index (Phi) is 9.91. The van der Waals surface area contributed by atoms with Gasteiger partial charge in [-0.1, -0.05) is 0 Å². The van der Waals surface area contributed by atoms with Crippen LogP contribution in [-0.2, 0) is 30.4 Å². The minimum absolute atomic E-state index is 0.00385. The van der Waals surface area contributed by atoms with Crippen molar-refractivity contribution in [3.05, 3.63) is 18.2 Å². The Hall–Kier alpha value is -3.52. The van der Waals surface area contributed by atoms with E-state index in [-0.39, 0.29) is 19.3 Å². The maximum Gasteiger partial charge on any atom is 0.328 e. The number of nitrogens with zero attached hydrogens (tertiary/aromatic N) is 1. The maximum atomic E-state index is 12.5. The number of amides is 4. The molecular weight excluding hydrogens is 402 g/mol. The molecule has 0 aliphatic heterocycles. The van der Waals surface area contributed by atoms with Crippen molar-refractivity contribution in [2.75, 3.05) is 13.2 Å². The Bertz CT molecular complexity index is 753. The van der Waals surface area contributed by atoms with Crippen LogP contribution in [0.1, 0.15) is 18.5 Å². The molecule has 1 heterocycles. The smallest absolute Gasteiger partial charge is 0.328 e. The zero-order valence-corrected chi connectivity index (χ0v) is 16.0. The van der Waals surface area contributed by atoms with Crippen molar-refractivity contribution in [1.82, 2.24) is 25.9 Å². The van der Waals surface area contributed by atoms with Crippen LogP contribution >= 0.6 is 0 Å². The van der Waals surface area contributed by atoms with Crippen molar-refractivity contribution >= 4 is 29.6 Å². The lowest BCUT2D eigenvalue weighted by molar-refractivity contribution is -0.142. The Morgan fingerprint density at radius 3 is 2.37 bits per heavy atom. The van der Waals surface area contributed by atoms with E-state index in [2.05, 4.69) is 20.6 Å². The highest BCUT2D eigenvalue weighted by Crippen LogP contribution is 2.01. The second-order valence-corrected chi connectivity index (χ2v) is 6.31. The van der Waals surface area contributed by atoms with Crippen LogP contribution in [0.5, 0.6) is 0 Å². The van der Waals surface area contributed by atoms with Crippen molar-refractivity contribution in [3.63, 3.8) is 0 Å². The van der Waals surface area contributed by atoms with Crippen LogP contribution in [0.4, 0.5) is 0 Å². The number of primary amides is 1. The van der Waals surface area contributed by atoms with Crippen molar-refractivity contribution in [2.45, 2.75) is 37.4 Å². The molecule has 0 saturated heterocycles. The van der Waals surface area contributed by atoms with Crippen LogP contribution in [0, 0.1) is 0 Å². The van der Waals surface area contributed by atoms with Crippen LogP contribution in [0.25, 0.3) is 0 Å². The number of aliphatic hydroxyl groups is 1. The summed E-state index contributed by atoms with van der Waals surface area (Å²) in [5.74, 6) is -4.36. The molecular formula is C16H25N7O7. The molecule has 14 heteroatoms. The lowest BCUT2D eigenvalue weighted by Gasteiger charge is -2.20. The fourth-order valence-corrected chi connectivity index (χ4v) is 2.25. The summed E-state index contributed by atoms with van der Waals surface area (Å²) in [4.78, 5) is 64.7. The molecule has 0 aliphatic carbocycles. The SMILES string of the molecule is NC(=O)CCC(N)C(=O)NC(Cc1cnc[nH]1)C(=O)NCC(=O)NC(CO)C(=O)O. The number of nitrogens with one attached hydrogen (secondary N) is 4. The predicted octanol–water partition coefficient (Wildman–Crippen LogP) is -4.29. The first-order valence-electron chi connectivity index (χ1n) is 8.86. The standard InChI is InChI=1S/C16H25N7O7/c17-9(1-2-12(18)25)14(27)23-10(3-8-4-19-7-21-8)15(28)20-5-13(26)22-11(6-24)16(29)30/h4,7,9-11,24H,1-3,5-6,17H2,(H2,18,25)(H,19,21)(H,20,28)(H,22,26)(H,23,27)(H,29,30). The van der Waals surface area contributed by atoms with Crippen LogP contribution in [0.15, 0.2) is 12.5 Å². The number of aromatic nitrogens is 2. The summed E-state index contributed by atoms with van der Waals surface area (Å²) in [7, 11) is 0. The number of aliphatic carboxylic acids is 1. The summed E-state index contributed by atoms with van der Waals surface area (Å²) in [6, 6.07) is -3.74. The van der Waals surface area contributed by atoms with Crippen LogP contribution in [-0.4, -0.2) is 81.1 Å². The molecule has 0 saturated carbocycles. The van der Waals surface area contributed by atoms with Gasteiger partial charge in [0.2, 0.25) is 23.6 Å². The second-order valence-electron chi connectivity index (χ2n) is 6.31. The topological polar surface area (TPSA) is 243 Å². The highest BCUT2D eigenvalue weighted by molar-refractivity contribution is 5.92. The average Bonchev–Trinajstić information content (AvgIpc) is 3.20. The Balaban J connectivity index is 2.71. The third-order valence-electron chi connectivity index (χ3n) is 3.89. The minimum Gasteiger partial charge on any atom is -0.480 e. The minimum atomic E-state index is -1.52. The molecule has 0 fully saturated rings. The van der Waals surface area contributed by atoms with E-state index < -0.39 is 60.9 Å². The maximum absolute atomic E-state index is 12.5. The first kappa shape index (κ1) is 24.5. The highest BCUT2D eigenvalue weighted by Gasteiger charge is 2.26. The molecule has 0 aliphatic rings. The molecule has 0 spiro atoms. The van der Waals surface area contributed by atoms with Crippen molar-refractivity contribution in [1.29, 1.82) is 0 Å². The Morgan fingerprint density at radius 1 is 1.13 bits per heavy atom. The Morgan fingerprint density at radius 2 is 1.83 bits per heavy atom. The summed E-state index contributed by atoms with van der Waals surface area (Å²) in [6.07, 6.45) is 2.68. The molecule has 4 amide bonds. The number of imidazole rings is 1. The van der Waals surface area contributed by atoms with Crippen molar-refractivity contribution in [2.24, 2.45) is 11.5 Å². The first-order chi connectivity index (χ1) is 14.1. The molecule has 0 aromatic carbocycles. The van der Waals surface area contributed by atoms with E-state index in [0.29, 0.717) is 5.69 Å². The summed E-state index contributed by atoms with van der Waals surface area (Å²) >= 11 is 0. The zero-order chi connectivity index (χ0) is 22.7. The molecule has 1 aromatic heterocycles. The third-order valence-corrected chi connectivity index (χ3v) is 3.89. The van der Waals surface area contributed by atoms with Gasteiger partial charge in [0, 0.05) is 24.7 Å². The van der Waals surface area contributed by atoms with Gasteiger partial charge in [0.1, 0.15) is 12.1 Å². The van der Waals surface area contributed by atoms with Gasteiger partial charge in [0.15, 0.2) is 0 Å². The number of carbonyl (C=O) groups is 5. The molecule has 3 unspecified atom stereocenters. The fourth-order valence-electron chi connectivity index (χ4n) is 2.25. The molecule has 0 bridgehead atoms. The molecule has 1 rings (SSSR count). The van der Waals surface area contributed by atoms with E-state index >= 15 is 0 Å². The molecule has 14 nitrogen and oxygen atoms in total. The lowest BCUT2D eigenvalue weighted by atomic mass is 10.1. The van der Waals surface area contributed by atoms with Gasteiger partial charge in [-0.15, -0.1) is 0 Å². The van der Waals surface area contributed by atoms with Gasteiger partial charge in [0.25, 0.3) is 0 Å². The largest absolute Gasteiger partial charge is 0.480 e. The van der Waals surface area contributed by atoms with Crippen LogP contribution in [0.3, 0.4) is 0 Å². The van der Waals surface area contributed by atoms with Crippen LogP contribution < -0.4 is 27.4 Å². The monoisotopic (exact) mass is 427 g/mol. The zero-order valence-electron chi connectivity index (χ0n) is 16.0. The third kappa shape index (κ3) is 8.66. The number of rotatable bonds is 13. The quantitative estimate of drug-likeness (QED) is 0.151. The van der Waals surface area contributed by atoms with E-state index in [4.69, 9.17) is 21.7 Å². The average molecular weight is 427 g/mol. The summed E-state index contributed by atoms with van der Waals surface area (Å²) < 4.78 is 0. The molecule has 3 atom stereocenters. The van der Waals surface area contributed by atoms with Gasteiger partial charge in [-0.3, -0.25) is 19.2 Å². The molecule has 0 radical (unpaired) electrons. The summed E-state index contributed by atoms with van der Waals surface area (Å²) in [6.45, 7) is -1.41. The number of aromatic amines is 1. The number of aliphatic hydroxyl groups excluding tert-OH is 1. The first-order valence-corrected chi connectivity index (χ1v) is 8.86. The molecule has 10 N–H and O–H groups in total. The molecule has 166 valence electrons. The van der Waals surface area contributed by atoms with E-state index in [9.17, 15) is 24.0 Å². The second kappa shape index (κ2) is 12.1.